The van der Waals surface area contributed by atoms with Crippen molar-refractivity contribution >= 4 is 49.7 Å². The van der Waals surface area contributed by atoms with Crippen molar-refractivity contribution in [1.29, 1.82) is 0 Å². The van der Waals surface area contributed by atoms with E-state index in [0.717, 1.165) is 18.2 Å². The number of carbonyl (C=O) groups excluding carboxylic acids is 1. The maximum atomic E-state index is 12.0. The number of phenols is 2. The minimum Gasteiger partial charge on any atom is -0.507 e. The number of nitrogens with one attached hydrogen (secondary N) is 1. The summed E-state index contributed by atoms with van der Waals surface area (Å²) in [6.07, 6.45) is 1.19. The topological polar surface area (TPSA) is 125 Å². The number of hydrogen-bond acceptors (Lipinski definition) is 6. The van der Waals surface area contributed by atoms with Gasteiger partial charge >= 0.3 is 0 Å². The first-order valence-corrected chi connectivity index (χ1v) is 7.87. The van der Waals surface area contributed by atoms with Crippen LogP contribution in [0.3, 0.4) is 0 Å². The van der Waals surface area contributed by atoms with Crippen LogP contribution in [0.25, 0.3) is 0 Å². The number of halogens is 2. The summed E-state index contributed by atoms with van der Waals surface area (Å²) in [5.41, 5.74) is 1.82. The van der Waals surface area contributed by atoms with Gasteiger partial charge in [-0.3, -0.25) is 14.9 Å². The summed E-state index contributed by atoms with van der Waals surface area (Å²) < 4.78 is 1.11. The van der Waals surface area contributed by atoms with Crippen molar-refractivity contribution in [2.45, 2.75) is 0 Å². The third-order valence-electron chi connectivity index (χ3n) is 2.86. The second-order valence-corrected chi connectivity index (χ2v) is 6.25. The average Bonchev–Trinajstić information content (AvgIpc) is 2.51. The molecule has 0 fully saturated rings. The number of nitrogens with zero attached hydrogens (tertiary/aromatic N) is 2. The van der Waals surface area contributed by atoms with E-state index < -0.39 is 16.6 Å². The fourth-order valence-electron chi connectivity index (χ4n) is 1.72. The fraction of sp³-hybridized carbons (Fsp3) is 0. The SMILES string of the molecule is O=C(N/N=C\c1cc(Br)cc(Br)c1O)c1cc([N+](=O)[O-])ccc1O. The normalized spacial score (nSPS) is 10.8. The van der Waals surface area contributed by atoms with Crippen molar-refractivity contribution in [3.8, 4) is 11.5 Å². The van der Waals surface area contributed by atoms with E-state index in [1.165, 1.54) is 6.21 Å². The monoisotopic (exact) mass is 457 g/mol. The predicted molar refractivity (Wildman–Crippen MR) is 93.3 cm³/mol. The summed E-state index contributed by atoms with van der Waals surface area (Å²) in [5, 5.41) is 33.9. The molecule has 0 saturated carbocycles. The molecule has 0 heterocycles. The van der Waals surface area contributed by atoms with Crippen molar-refractivity contribution in [2.75, 3.05) is 0 Å². The van der Waals surface area contributed by atoms with Crippen LogP contribution in [-0.4, -0.2) is 27.3 Å². The summed E-state index contributed by atoms with van der Waals surface area (Å²) in [5.74, 6) is -1.32. The van der Waals surface area contributed by atoms with E-state index in [1.54, 1.807) is 12.1 Å². The third kappa shape index (κ3) is 4.09. The lowest BCUT2D eigenvalue weighted by molar-refractivity contribution is -0.384. The Morgan fingerprint density at radius 3 is 2.62 bits per heavy atom. The molecular formula is C14H9Br2N3O5. The fourth-order valence-corrected chi connectivity index (χ4v) is 2.98. The van der Waals surface area contributed by atoms with E-state index in [2.05, 4.69) is 42.4 Å². The Morgan fingerprint density at radius 1 is 1.25 bits per heavy atom. The Morgan fingerprint density at radius 2 is 1.96 bits per heavy atom. The molecule has 2 aromatic carbocycles. The summed E-state index contributed by atoms with van der Waals surface area (Å²) >= 11 is 6.41. The Labute approximate surface area is 152 Å². The Kier molecular flexibility index (Phi) is 5.52. The van der Waals surface area contributed by atoms with E-state index in [0.29, 0.717) is 14.5 Å². The first kappa shape index (κ1) is 17.9. The first-order valence-electron chi connectivity index (χ1n) is 6.28. The molecule has 24 heavy (non-hydrogen) atoms. The molecule has 2 aromatic rings. The van der Waals surface area contributed by atoms with Crippen molar-refractivity contribution in [2.24, 2.45) is 5.10 Å². The maximum Gasteiger partial charge on any atom is 0.275 e. The number of nitro benzene ring substituents is 1. The Hall–Kier alpha value is -2.46. The van der Waals surface area contributed by atoms with Gasteiger partial charge < -0.3 is 10.2 Å². The molecule has 0 bridgehead atoms. The number of carbonyl (C=O) groups is 1. The quantitative estimate of drug-likeness (QED) is 0.368. The highest BCUT2D eigenvalue weighted by Crippen LogP contribution is 2.30. The molecule has 0 aliphatic carbocycles. The molecular weight excluding hydrogens is 450 g/mol. The lowest BCUT2D eigenvalue weighted by atomic mass is 10.1. The molecule has 124 valence electrons. The molecule has 0 aliphatic heterocycles. The average molecular weight is 459 g/mol. The smallest absolute Gasteiger partial charge is 0.275 e. The molecule has 0 aliphatic rings. The van der Waals surface area contributed by atoms with Gasteiger partial charge in [-0.1, -0.05) is 15.9 Å². The van der Waals surface area contributed by atoms with Crippen LogP contribution >= 0.6 is 31.9 Å². The van der Waals surface area contributed by atoms with Gasteiger partial charge in [0.15, 0.2) is 0 Å². The molecule has 1 amide bonds. The third-order valence-corrected chi connectivity index (χ3v) is 3.93. The van der Waals surface area contributed by atoms with Crippen LogP contribution in [0.1, 0.15) is 15.9 Å². The van der Waals surface area contributed by atoms with Crippen LogP contribution in [0, 0.1) is 10.1 Å². The van der Waals surface area contributed by atoms with Crippen LogP contribution < -0.4 is 5.43 Å². The van der Waals surface area contributed by atoms with Crippen LogP contribution in [0.4, 0.5) is 5.69 Å². The van der Waals surface area contributed by atoms with Gasteiger partial charge in [0.2, 0.25) is 0 Å². The molecule has 3 N–H and O–H groups in total. The summed E-state index contributed by atoms with van der Waals surface area (Å²) in [7, 11) is 0. The van der Waals surface area contributed by atoms with Crippen LogP contribution in [-0.2, 0) is 0 Å². The van der Waals surface area contributed by atoms with Gasteiger partial charge in [0.1, 0.15) is 11.5 Å². The van der Waals surface area contributed by atoms with Gasteiger partial charge in [-0.25, -0.2) is 5.43 Å². The van der Waals surface area contributed by atoms with E-state index in [-0.39, 0.29) is 17.0 Å². The maximum absolute atomic E-state index is 12.0. The minimum absolute atomic E-state index is 0.0746. The van der Waals surface area contributed by atoms with Gasteiger partial charge in [-0.2, -0.15) is 5.10 Å². The van der Waals surface area contributed by atoms with Crippen LogP contribution in [0.2, 0.25) is 0 Å². The zero-order chi connectivity index (χ0) is 17.9. The summed E-state index contributed by atoms with van der Waals surface area (Å²) in [6.45, 7) is 0. The van der Waals surface area contributed by atoms with Gasteiger partial charge in [0, 0.05) is 22.2 Å². The Balaban J connectivity index is 2.19. The number of hydrazone groups is 1. The molecule has 0 spiro atoms. The molecule has 0 saturated heterocycles. The number of nitro groups is 1. The van der Waals surface area contributed by atoms with E-state index in [1.807, 2.05) is 0 Å². The van der Waals surface area contributed by atoms with Crippen LogP contribution in [0.15, 0.2) is 44.4 Å². The van der Waals surface area contributed by atoms with Gasteiger partial charge in [0.05, 0.1) is 21.2 Å². The van der Waals surface area contributed by atoms with Crippen molar-refractivity contribution in [3.05, 3.63) is 60.5 Å². The first-order chi connectivity index (χ1) is 11.3. The Bertz CT molecular complexity index is 855. The van der Waals surface area contributed by atoms with Gasteiger partial charge in [-0.05, 0) is 34.1 Å². The highest BCUT2D eigenvalue weighted by molar-refractivity contribution is 9.11. The van der Waals surface area contributed by atoms with E-state index >= 15 is 0 Å². The number of rotatable bonds is 4. The number of non-ortho nitro benzene ring substituents is 1. The highest BCUT2D eigenvalue weighted by atomic mass is 79.9. The van der Waals surface area contributed by atoms with Crippen LogP contribution in [0.5, 0.6) is 11.5 Å². The summed E-state index contributed by atoms with van der Waals surface area (Å²) in [4.78, 5) is 22.0. The standard InChI is InChI=1S/C14H9Br2N3O5/c15-8-3-7(13(21)11(16)4-8)6-17-18-14(22)10-5-9(19(23)24)1-2-12(10)20/h1-6,20-21H,(H,18,22)/b17-6-. The number of phenolic OH excluding ortho intramolecular Hbond substituents is 2. The lowest BCUT2D eigenvalue weighted by Gasteiger charge is -2.04. The van der Waals surface area contributed by atoms with E-state index in [9.17, 15) is 25.1 Å². The van der Waals surface area contributed by atoms with Gasteiger partial charge in [0.25, 0.3) is 11.6 Å². The zero-order valence-corrected chi connectivity index (χ0v) is 14.9. The minimum atomic E-state index is -0.832. The largest absolute Gasteiger partial charge is 0.507 e. The second kappa shape index (κ2) is 7.41. The molecule has 2 rings (SSSR count). The lowest BCUT2D eigenvalue weighted by Crippen LogP contribution is -2.18. The molecule has 0 radical (unpaired) electrons. The van der Waals surface area contributed by atoms with Crippen molar-refractivity contribution in [1.82, 2.24) is 5.43 Å². The second-order valence-electron chi connectivity index (χ2n) is 4.48. The predicted octanol–water partition coefficient (Wildman–Crippen LogP) is 3.29. The van der Waals surface area contributed by atoms with Crippen molar-refractivity contribution in [3.63, 3.8) is 0 Å². The molecule has 0 atom stereocenters. The molecule has 0 unspecified atom stereocenters. The number of hydrogen-bond donors (Lipinski definition) is 3. The highest BCUT2D eigenvalue weighted by Gasteiger charge is 2.16. The number of aromatic hydroxyl groups is 2. The summed E-state index contributed by atoms with van der Waals surface area (Å²) in [6, 6.07) is 6.26. The molecule has 0 aromatic heterocycles. The molecule has 8 nitrogen and oxygen atoms in total. The zero-order valence-electron chi connectivity index (χ0n) is 11.7. The number of benzene rings is 2. The van der Waals surface area contributed by atoms with E-state index in [4.69, 9.17) is 0 Å². The molecule has 10 heteroatoms. The van der Waals surface area contributed by atoms with Gasteiger partial charge in [-0.15, -0.1) is 0 Å². The van der Waals surface area contributed by atoms with Crippen molar-refractivity contribution < 1.29 is 19.9 Å². The number of amides is 1.